The first-order chi connectivity index (χ1) is 10.3. The molecule has 3 rings (SSSR count). The van der Waals surface area contributed by atoms with Gasteiger partial charge < -0.3 is 10.1 Å². The predicted molar refractivity (Wildman–Crippen MR) is 86.5 cm³/mol. The van der Waals surface area contributed by atoms with Gasteiger partial charge in [0.25, 0.3) is 0 Å². The molecule has 2 aliphatic rings. The Morgan fingerprint density at radius 3 is 2.67 bits per heavy atom. The average molecular weight is 288 g/mol. The molecule has 0 radical (unpaired) electrons. The SMILES string of the molecule is COCCN1CC(c2ccccc2)NCC12CCCCC2. The molecule has 1 saturated heterocycles. The Morgan fingerprint density at radius 2 is 1.95 bits per heavy atom. The number of rotatable bonds is 4. The van der Waals surface area contributed by atoms with Crippen molar-refractivity contribution < 1.29 is 4.74 Å². The second-order valence-electron chi connectivity index (χ2n) is 6.57. The molecule has 0 bridgehead atoms. The Labute approximate surface area is 128 Å². The van der Waals surface area contributed by atoms with Gasteiger partial charge in [-0.2, -0.15) is 0 Å². The van der Waals surface area contributed by atoms with Crippen molar-refractivity contribution in [2.24, 2.45) is 0 Å². The largest absolute Gasteiger partial charge is 0.383 e. The summed E-state index contributed by atoms with van der Waals surface area (Å²) in [5, 5.41) is 3.82. The molecule has 1 unspecified atom stereocenters. The molecule has 116 valence electrons. The lowest BCUT2D eigenvalue weighted by atomic mass is 9.78. The average Bonchev–Trinajstić information content (AvgIpc) is 2.56. The van der Waals surface area contributed by atoms with Crippen molar-refractivity contribution in [3.8, 4) is 0 Å². The summed E-state index contributed by atoms with van der Waals surface area (Å²) in [6, 6.07) is 11.3. The van der Waals surface area contributed by atoms with Crippen LogP contribution in [0.5, 0.6) is 0 Å². The number of nitrogens with one attached hydrogen (secondary N) is 1. The third kappa shape index (κ3) is 3.31. The predicted octanol–water partition coefficient (Wildman–Crippen LogP) is 2.98. The van der Waals surface area contributed by atoms with Crippen molar-refractivity contribution in [1.82, 2.24) is 10.2 Å². The maximum atomic E-state index is 5.36. The van der Waals surface area contributed by atoms with E-state index in [0.29, 0.717) is 11.6 Å². The zero-order chi connectivity index (χ0) is 14.5. The first-order valence-corrected chi connectivity index (χ1v) is 8.36. The summed E-state index contributed by atoms with van der Waals surface area (Å²) >= 11 is 0. The molecule has 1 aliphatic heterocycles. The molecule has 21 heavy (non-hydrogen) atoms. The minimum atomic E-state index is 0.377. The molecule has 3 nitrogen and oxygen atoms in total. The highest BCUT2D eigenvalue weighted by atomic mass is 16.5. The summed E-state index contributed by atoms with van der Waals surface area (Å²) in [5.41, 5.74) is 1.78. The van der Waals surface area contributed by atoms with E-state index >= 15 is 0 Å². The molecule has 0 aromatic heterocycles. The lowest BCUT2D eigenvalue weighted by Crippen LogP contribution is -2.63. The van der Waals surface area contributed by atoms with Crippen molar-refractivity contribution >= 4 is 0 Å². The second-order valence-corrected chi connectivity index (χ2v) is 6.57. The Kier molecular flexibility index (Phi) is 4.94. The highest BCUT2D eigenvalue weighted by Crippen LogP contribution is 2.37. The second kappa shape index (κ2) is 6.91. The van der Waals surface area contributed by atoms with Crippen LogP contribution in [0, 0.1) is 0 Å². The van der Waals surface area contributed by atoms with E-state index in [-0.39, 0.29) is 0 Å². The summed E-state index contributed by atoms with van der Waals surface area (Å²) in [4.78, 5) is 2.71. The van der Waals surface area contributed by atoms with Gasteiger partial charge >= 0.3 is 0 Å². The first kappa shape index (κ1) is 15.0. The van der Waals surface area contributed by atoms with Gasteiger partial charge in [0.1, 0.15) is 0 Å². The van der Waals surface area contributed by atoms with E-state index in [4.69, 9.17) is 4.74 Å². The summed E-state index contributed by atoms with van der Waals surface area (Å²) in [6.45, 7) is 4.12. The number of hydrogen-bond donors (Lipinski definition) is 1. The van der Waals surface area contributed by atoms with Crippen LogP contribution in [-0.4, -0.2) is 43.8 Å². The maximum Gasteiger partial charge on any atom is 0.0589 e. The van der Waals surface area contributed by atoms with Crippen molar-refractivity contribution in [2.75, 3.05) is 33.4 Å². The van der Waals surface area contributed by atoms with E-state index in [9.17, 15) is 0 Å². The van der Waals surface area contributed by atoms with Gasteiger partial charge in [0.15, 0.2) is 0 Å². The van der Waals surface area contributed by atoms with Crippen LogP contribution in [0.1, 0.15) is 43.7 Å². The fraction of sp³-hybridized carbons (Fsp3) is 0.667. The van der Waals surface area contributed by atoms with Gasteiger partial charge in [-0.25, -0.2) is 0 Å². The van der Waals surface area contributed by atoms with Crippen molar-refractivity contribution in [3.05, 3.63) is 35.9 Å². The molecule has 1 atom stereocenters. The summed E-state index contributed by atoms with van der Waals surface area (Å²) in [5.74, 6) is 0. The Morgan fingerprint density at radius 1 is 1.19 bits per heavy atom. The number of hydrogen-bond acceptors (Lipinski definition) is 3. The lowest BCUT2D eigenvalue weighted by Gasteiger charge is -2.52. The third-order valence-corrected chi connectivity index (χ3v) is 5.30. The Hall–Kier alpha value is -0.900. The summed E-state index contributed by atoms with van der Waals surface area (Å²) in [6.07, 6.45) is 6.83. The molecule has 1 saturated carbocycles. The van der Waals surface area contributed by atoms with Gasteiger partial charge in [-0.1, -0.05) is 49.6 Å². The number of benzene rings is 1. The molecular weight excluding hydrogens is 260 g/mol. The van der Waals surface area contributed by atoms with Gasteiger partial charge in [0.2, 0.25) is 0 Å². The van der Waals surface area contributed by atoms with Crippen LogP contribution in [0.25, 0.3) is 0 Å². The van der Waals surface area contributed by atoms with Gasteiger partial charge in [0.05, 0.1) is 6.61 Å². The van der Waals surface area contributed by atoms with Crippen molar-refractivity contribution in [1.29, 1.82) is 0 Å². The zero-order valence-electron chi connectivity index (χ0n) is 13.2. The fourth-order valence-corrected chi connectivity index (χ4v) is 4.05. The maximum absolute atomic E-state index is 5.36. The standard InChI is InChI=1S/C18H28N2O/c1-21-13-12-20-14-17(16-8-4-2-5-9-16)19-15-18(20)10-6-3-7-11-18/h2,4-5,8-9,17,19H,3,6-7,10-15H2,1H3. The lowest BCUT2D eigenvalue weighted by molar-refractivity contribution is -0.00601. The highest BCUT2D eigenvalue weighted by Gasteiger charge is 2.42. The molecule has 1 heterocycles. The third-order valence-electron chi connectivity index (χ3n) is 5.30. The van der Waals surface area contributed by atoms with E-state index in [2.05, 4.69) is 40.5 Å². The number of methoxy groups -OCH3 is 1. The minimum Gasteiger partial charge on any atom is -0.383 e. The molecule has 1 aliphatic carbocycles. The molecule has 1 aromatic carbocycles. The summed E-state index contributed by atoms with van der Waals surface area (Å²) in [7, 11) is 1.81. The van der Waals surface area contributed by atoms with Crippen LogP contribution in [0.3, 0.4) is 0 Å². The molecular formula is C18H28N2O. The van der Waals surface area contributed by atoms with E-state index in [0.717, 1.165) is 26.2 Å². The van der Waals surface area contributed by atoms with Crippen LogP contribution < -0.4 is 5.32 Å². The highest BCUT2D eigenvalue weighted by molar-refractivity contribution is 5.21. The Balaban J connectivity index is 1.74. The number of nitrogens with zero attached hydrogens (tertiary/aromatic N) is 1. The Bertz CT molecular complexity index is 428. The van der Waals surface area contributed by atoms with Crippen molar-refractivity contribution in [3.63, 3.8) is 0 Å². The topological polar surface area (TPSA) is 24.5 Å². The monoisotopic (exact) mass is 288 g/mol. The normalized spacial score (nSPS) is 26.0. The van der Waals surface area contributed by atoms with E-state index in [1.165, 1.54) is 37.7 Å². The molecule has 1 spiro atoms. The van der Waals surface area contributed by atoms with Crippen LogP contribution in [0.15, 0.2) is 30.3 Å². The molecule has 1 aromatic rings. The van der Waals surface area contributed by atoms with Crippen LogP contribution in [-0.2, 0) is 4.74 Å². The minimum absolute atomic E-state index is 0.377. The molecule has 0 amide bonds. The van der Waals surface area contributed by atoms with Crippen LogP contribution in [0.4, 0.5) is 0 Å². The van der Waals surface area contributed by atoms with E-state index in [1.807, 2.05) is 7.11 Å². The van der Waals surface area contributed by atoms with Gasteiger partial charge in [-0.15, -0.1) is 0 Å². The quantitative estimate of drug-likeness (QED) is 0.922. The fourth-order valence-electron chi connectivity index (χ4n) is 4.05. The van der Waals surface area contributed by atoms with Crippen LogP contribution >= 0.6 is 0 Å². The van der Waals surface area contributed by atoms with Crippen LogP contribution in [0.2, 0.25) is 0 Å². The smallest absolute Gasteiger partial charge is 0.0589 e. The molecule has 2 fully saturated rings. The van der Waals surface area contributed by atoms with E-state index < -0.39 is 0 Å². The number of ether oxygens (including phenoxy) is 1. The number of piperazine rings is 1. The molecule has 3 heteroatoms. The molecule has 1 N–H and O–H groups in total. The van der Waals surface area contributed by atoms with Gasteiger partial charge in [-0.05, 0) is 18.4 Å². The van der Waals surface area contributed by atoms with Crippen molar-refractivity contribution in [2.45, 2.75) is 43.7 Å². The zero-order valence-corrected chi connectivity index (χ0v) is 13.2. The van der Waals surface area contributed by atoms with Gasteiger partial charge in [0, 0.05) is 38.3 Å². The van der Waals surface area contributed by atoms with Gasteiger partial charge in [-0.3, -0.25) is 4.90 Å². The first-order valence-electron chi connectivity index (χ1n) is 8.36. The summed E-state index contributed by atoms with van der Waals surface area (Å²) < 4.78 is 5.36. The van der Waals surface area contributed by atoms with E-state index in [1.54, 1.807) is 0 Å².